The fourth-order valence-electron chi connectivity index (χ4n) is 4.50. The summed E-state index contributed by atoms with van der Waals surface area (Å²) in [7, 11) is 0. The van der Waals surface area contributed by atoms with Gasteiger partial charge in [0.15, 0.2) is 5.76 Å². The fraction of sp³-hybridized carbons (Fsp3) is 0.296. The molecular weight excluding hydrogens is 384 g/mol. The molecule has 1 aromatic heterocycles. The number of hydrogen-bond acceptors (Lipinski definition) is 3. The number of amides is 1. The minimum atomic E-state index is -0.193. The number of nitrogens with zero attached hydrogens (tertiary/aromatic N) is 1. The zero-order chi connectivity index (χ0) is 21.4. The van der Waals surface area contributed by atoms with E-state index in [9.17, 15) is 4.79 Å². The van der Waals surface area contributed by atoms with E-state index in [1.165, 1.54) is 18.5 Å². The van der Waals surface area contributed by atoms with Crippen LogP contribution in [-0.2, 0) is 0 Å². The summed E-state index contributed by atoms with van der Waals surface area (Å²) in [5, 5.41) is 6.28. The Kier molecular flexibility index (Phi) is 5.14. The molecule has 2 heterocycles. The molecule has 0 aliphatic carbocycles. The summed E-state index contributed by atoms with van der Waals surface area (Å²) in [5.41, 5.74) is 3.08. The Labute approximate surface area is 182 Å². The molecular formula is C27H28N2O2. The van der Waals surface area contributed by atoms with Crippen LogP contribution in [0.25, 0.3) is 21.7 Å². The number of benzene rings is 3. The van der Waals surface area contributed by atoms with Crippen molar-refractivity contribution in [3.8, 4) is 0 Å². The summed E-state index contributed by atoms with van der Waals surface area (Å²) < 4.78 is 5.86. The molecule has 1 N–H and O–H groups in total. The molecule has 0 spiro atoms. The molecule has 158 valence electrons. The van der Waals surface area contributed by atoms with Crippen molar-refractivity contribution in [3.63, 3.8) is 0 Å². The van der Waals surface area contributed by atoms with Gasteiger partial charge in [0.2, 0.25) is 0 Å². The summed E-state index contributed by atoms with van der Waals surface area (Å²) >= 11 is 0. The first-order valence-electron chi connectivity index (χ1n) is 11.2. The van der Waals surface area contributed by atoms with Gasteiger partial charge in [0.25, 0.3) is 5.91 Å². The molecule has 0 bridgehead atoms. The van der Waals surface area contributed by atoms with Crippen molar-refractivity contribution in [2.75, 3.05) is 18.0 Å². The first kappa shape index (κ1) is 19.7. The SMILES string of the molecule is CC1CCN(c2ccc([C@H](C)NC(=O)c3cc4c(ccc5ccccc54)o3)cc2)CC1. The van der Waals surface area contributed by atoms with Crippen molar-refractivity contribution < 1.29 is 9.21 Å². The predicted molar refractivity (Wildman–Crippen MR) is 127 cm³/mol. The molecule has 0 saturated carbocycles. The number of piperidine rings is 1. The average molecular weight is 413 g/mol. The van der Waals surface area contributed by atoms with Gasteiger partial charge < -0.3 is 14.6 Å². The molecule has 1 aliphatic heterocycles. The van der Waals surface area contributed by atoms with Crippen molar-refractivity contribution in [3.05, 3.63) is 78.1 Å². The van der Waals surface area contributed by atoms with Crippen molar-refractivity contribution in [1.29, 1.82) is 0 Å². The van der Waals surface area contributed by atoms with Crippen LogP contribution in [0.2, 0.25) is 0 Å². The fourth-order valence-corrected chi connectivity index (χ4v) is 4.50. The highest BCUT2D eigenvalue weighted by Gasteiger charge is 2.18. The minimum absolute atomic E-state index is 0.104. The van der Waals surface area contributed by atoms with Gasteiger partial charge in [-0.1, -0.05) is 49.4 Å². The van der Waals surface area contributed by atoms with E-state index >= 15 is 0 Å². The summed E-state index contributed by atoms with van der Waals surface area (Å²) in [4.78, 5) is 15.3. The van der Waals surface area contributed by atoms with Crippen LogP contribution < -0.4 is 10.2 Å². The lowest BCUT2D eigenvalue weighted by atomic mass is 9.98. The largest absolute Gasteiger partial charge is 0.451 e. The van der Waals surface area contributed by atoms with Crippen LogP contribution in [0.5, 0.6) is 0 Å². The summed E-state index contributed by atoms with van der Waals surface area (Å²) in [6, 6.07) is 22.4. The topological polar surface area (TPSA) is 45.5 Å². The van der Waals surface area contributed by atoms with Crippen LogP contribution in [0.4, 0.5) is 5.69 Å². The third-order valence-corrected chi connectivity index (χ3v) is 6.54. The maximum atomic E-state index is 12.9. The Balaban J connectivity index is 1.30. The molecule has 31 heavy (non-hydrogen) atoms. The lowest BCUT2D eigenvalue weighted by molar-refractivity contribution is 0.0914. The van der Waals surface area contributed by atoms with Crippen LogP contribution in [0.3, 0.4) is 0 Å². The van der Waals surface area contributed by atoms with Crippen LogP contribution in [-0.4, -0.2) is 19.0 Å². The van der Waals surface area contributed by atoms with Crippen LogP contribution in [0.1, 0.15) is 48.8 Å². The van der Waals surface area contributed by atoms with E-state index in [2.05, 4.69) is 53.5 Å². The molecule has 1 fully saturated rings. The van der Waals surface area contributed by atoms with E-state index in [1.807, 2.05) is 37.3 Å². The Morgan fingerprint density at radius 1 is 1.00 bits per heavy atom. The molecule has 0 radical (unpaired) electrons. The van der Waals surface area contributed by atoms with Crippen LogP contribution >= 0.6 is 0 Å². The molecule has 4 nitrogen and oxygen atoms in total. The third-order valence-electron chi connectivity index (χ3n) is 6.54. The minimum Gasteiger partial charge on any atom is -0.451 e. The van der Waals surface area contributed by atoms with Gasteiger partial charge in [-0.3, -0.25) is 4.79 Å². The Morgan fingerprint density at radius 3 is 2.52 bits per heavy atom. The predicted octanol–water partition coefficient (Wildman–Crippen LogP) is 6.31. The number of fused-ring (bicyclic) bond motifs is 3. The normalized spacial score (nSPS) is 16.0. The standard InChI is InChI=1S/C27H28N2O2/c1-18-13-15-29(16-14-18)22-10-7-20(8-11-22)19(2)28-27(30)26-17-24-23-6-4-3-5-21(23)9-12-25(24)31-26/h3-12,17-19H,13-16H2,1-2H3,(H,28,30)/t19-/m0/s1. The molecule has 1 atom stereocenters. The zero-order valence-corrected chi connectivity index (χ0v) is 18.1. The van der Waals surface area contributed by atoms with Gasteiger partial charge in [-0.05, 0) is 66.3 Å². The molecule has 1 saturated heterocycles. The molecule has 0 unspecified atom stereocenters. The van der Waals surface area contributed by atoms with Gasteiger partial charge in [0, 0.05) is 24.2 Å². The third kappa shape index (κ3) is 3.90. The average Bonchev–Trinajstić information content (AvgIpc) is 3.25. The van der Waals surface area contributed by atoms with E-state index < -0.39 is 0 Å². The van der Waals surface area contributed by atoms with Gasteiger partial charge in [0.1, 0.15) is 5.58 Å². The summed E-state index contributed by atoms with van der Waals surface area (Å²) in [5.74, 6) is 0.973. The molecule has 1 aliphatic rings. The van der Waals surface area contributed by atoms with Gasteiger partial charge in [-0.15, -0.1) is 0 Å². The highest BCUT2D eigenvalue weighted by atomic mass is 16.3. The monoisotopic (exact) mass is 412 g/mol. The second kappa shape index (κ2) is 8.10. The van der Waals surface area contributed by atoms with E-state index in [1.54, 1.807) is 0 Å². The van der Waals surface area contributed by atoms with E-state index in [0.717, 1.165) is 46.3 Å². The lowest BCUT2D eigenvalue weighted by Crippen LogP contribution is -2.32. The maximum Gasteiger partial charge on any atom is 0.287 e. The molecule has 3 aromatic carbocycles. The van der Waals surface area contributed by atoms with Crippen LogP contribution in [0.15, 0.2) is 71.1 Å². The van der Waals surface area contributed by atoms with Crippen molar-refractivity contribution in [2.24, 2.45) is 5.92 Å². The number of anilines is 1. The van der Waals surface area contributed by atoms with Gasteiger partial charge >= 0.3 is 0 Å². The smallest absolute Gasteiger partial charge is 0.287 e. The summed E-state index contributed by atoms with van der Waals surface area (Å²) in [6.45, 7) is 6.57. The first-order chi connectivity index (χ1) is 15.1. The quantitative estimate of drug-likeness (QED) is 0.427. The zero-order valence-electron chi connectivity index (χ0n) is 18.1. The molecule has 4 aromatic rings. The number of rotatable bonds is 4. The number of carbonyl (C=O) groups is 1. The summed E-state index contributed by atoms with van der Waals surface area (Å²) in [6.07, 6.45) is 2.50. The van der Waals surface area contributed by atoms with Crippen molar-refractivity contribution >= 4 is 33.3 Å². The Bertz CT molecular complexity index is 1220. The Morgan fingerprint density at radius 2 is 1.74 bits per heavy atom. The van der Waals surface area contributed by atoms with E-state index in [-0.39, 0.29) is 11.9 Å². The second-order valence-electron chi connectivity index (χ2n) is 8.77. The lowest BCUT2D eigenvalue weighted by Gasteiger charge is -2.32. The molecule has 1 amide bonds. The highest BCUT2D eigenvalue weighted by molar-refractivity contribution is 6.08. The number of nitrogens with one attached hydrogen (secondary N) is 1. The number of furan rings is 1. The van der Waals surface area contributed by atoms with Gasteiger partial charge in [-0.2, -0.15) is 0 Å². The maximum absolute atomic E-state index is 12.9. The molecule has 5 rings (SSSR count). The molecule has 4 heteroatoms. The first-order valence-corrected chi connectivity index (χ1v) is 11.2. The number of hydrogen-bond donors (Lipinski definition) is 1. The Hall–Kier alpha value is -3.27. The van der Waals surface area contributed by atoms with E-state index in [0.29, 0.717) is 5.76 Å². The van der Waals surface area contributed by atoms with Crippen molar-refractivity contribution in [1.82, 2.24) is 5.32 Å². The van der Waals surface area contributed by atoms with Gasteiger partial charge in [-0.25, -0.2) is 0 Å². The highest BCUT2D eigenvalue weighted by Crippen LogP contribution is 2.29. The van der Waals surface area contributed by atoms with E-state index in [4.69, 9.17) is 4.42 Å². The van der Waals surface area contributed by atoms with Crippen LogP contribution in [0, 0.1) is 5.92 Å². The van der Waals surface area contributed by atoms with Gasteiger partial charge in [0.05, 0.1) is 6.04 Å². The second-order valence-corrected chi connectivity index (χ2v) is 8.77. The van der Waals surface area contributed by atoms with Crippen molar-refractivity contribution in [2.45, 2.75) is 32.7 Å². The number of carbonyl (C=O) groups excluding carboxylic acids is 1.